The normalized spacial score (nSPS) is 15.4. The molecule has 1 amide bonds. The van der Waals surface area contributed by atoms with E-state index in [0.29, 0.717) is 18.4 Å². The van der Waals surface area contributed by atoms with Crippen molar-refractivity contribution in [1.29, 1.82) is 0 Å². The smallest absolute Gasteiger partial charge is 0.243 e. The van der Waals surface area contributed by atoms with Crippen molar-refractivity contribution in [2.45, 2.75) is 24.7 Å². The summed E-state index contributed by atoms with van der Waals surface area (Å²) >= 11 is 0. The maximum Gasteiger partial charge on any atom is 0.243 e. The standard InChI is InChI=1S/C25H24F2N2O3S/c1-17-7-9-21(10-8-17)33(31,32)29-13-11-19(12-14-29)25(30)28-24-22(15-20(26)16-23(24)27)18-5-3-2-4-6-18/h2-10,15-16,19H,11-14H2,1H3,(H,28,30). The molecule has 1 N–H and O–H groups in total. The monoisotopic (exact) mass is 470 g/mol. The molecule has 0 unspecified atom stereocenters. The summed E-state index contributed by atoms with van der Waals surface area (Å²) in [5.74, 6) is -2.49. The molecule has 3 aromatic carbocycles. The van der Waals surface area contributed by atoms with E-state index in [2.05, 4.69) is 5.32 Å². The first-order valence-electron chi connectivity index (χ1n) is 10.7. The third kappa shape index (κ3) is 4.96. The molecule has 1 aliphatic rings. The van der Waals surface area contributed by atoms with Gasteiger partial charge in [-0.1, -0.05) is 48.0 Å². The first-order valence-corrected chi connectivity index (χ1v) is 12.1. The fourth-order valence-corrected chi connectivity index (χ4v) is 5.46. The highest BCUT2D eigenvalue weighted by Gasteiger charge is 2.32. The number of piperidine rings is 1. The number of hydrogen-bond donors (Lipinski definition) is 1. The summed E-state index contributed by atoms with van der Waals surface area (Å²) in [6.45, 7) is 2.26. The fourth-order valence-electron chi connectivity index (χ4n) is 3.99. The van der Waals surface area contributed by atoms with Crippen LogP contribution in [-0.2, 0) is 14.8 Å². The minimum Gasteiger partial charge on any atom is -0.323 e. The minimum absolute atomic E-state index is 0.0812. The molecule has 0 atom stereocenters. The quantitative estimate of drug-likeness (QED) is 0.572. The molecule has 1 saturated heterocycles. The Hall–Kier alpha value is -3.10. The van der Waals surface area contributed by atoms with Gasteiger partial charge in [0.05, 0.1) is 10.6 Å². The number of sulfonamides is 1. The molecule has 0 bridgehead atoms. The third-order valence-electron chi connectivity index (χ3n) is 5.87. The summed E-state index contributed by atoms with van der Waals surface area (Å²) < 4.78 is 55.6. The summed E-state index contributed by atoms with van der Waals surface area (Å²) in [5, 5.41) is 2.62. The second-order valence-electron chi connectivity index (χ2n) is 8.16. The van der Waals surface area contributed by atoms with E-state index >= 15 is 0 Å². The average Bonchev–Trinajstić information content (AvgIpc) is 2.81. The van der Waals surface area contributed by atoms with Gasteiger partial charge >= 0.3 is 0 Å². The number of rotatable bonds is 5. The van der Waals surface area contributed by atoms with Crippen LogP contribution in [0.1, 0.15) is 18.4 Å². The number of nitrogens with one attached hydrogen (secondary N) is 1. The van der Waals surface area contributed by atoms with Gasteiger partial charge in [-0.3, -0.25) is 4.79 Å². The zero-order valence-corrected chi connectivity index (χ0v) is 18.9. The second-order valence-corrected chi connectivity index (χ2v) is 10.1. The van der Waals surface area contributed by atoms with Crippen LogP contribution in [0, 0.1) is 24.5 Å². The van der Waals surface area contributed by atoms with Gasteiger partial charge in [0, 0.05) is 30.6 Å². The molecular weight excluding hydrogens is 446 g/mol. The van der Waals surface area contributed by atoms with Crippen LogP contribution in [0.15, 0.2) is 71.6 Å². The number of amides is 1. The number of aryl methyl sites for hydroxylation is 1. The number of benzene rings is 3. The molecule has 4 rings (SSSR count). The highest BCUT2D eigenvalue weighted by Crippen LogP contribution is 2.33. The molecule has 5 nitrogen and oxygen atoms in total. The molecule has 1 fully saturated rings. The highest BCUT2D eigenvalue weighted by atomic mass is 32.2. The van der Waals surface area contributed by atoms with Gasteiger partial charge < -0.3 is 5.32 Å². The predicted molar refractivity (Wildman–Crippen MR) is 123 cm³/mol. The number of carbonyl (C=O) groups excluding carboxylic acids is 1. The lowest BCUT2D eigenvalue weighted by Gasteiger charge is -2.30. The summed E-state index contributed by atoms with van der Waals surface area (Å²) in [6, 6.07) is 17.2. The van der Waals surface area contributed by atoms with Crippen molar-refractivity contribution in [2.24, 2.45) is 5.92 Å². The molecule has 0 aromatic heterocycles. The summed E-state index contributed by atoms with van der Waals surface area (Å²) in [4.78, 5) is 13.1. The average molecular weight is 471 g/mol. The Morgan fingerprint density at radius 3 is 2.24 bits per heavy atom. The summed E-state index contributed by atoms with van der Waals surface area (Å²) in [6.07, 6.45) is 0.612. The van der Waals surface area contributed by atoms with E-state index in [9.17, 15) is 22.0 Å². The largest absolute Gasteiger partial charge is 0.323 e. The molecule has 0 aliphatic carbocycles. The molecular formula is C25H24F2N2O3S. The first kappa shape index (κ1) is 23.1. The van der Waals surface area contributed by atoms with Crippen molar-refractivity contribution in [3.8, 4) is 11.1 Å². The van der Waals surface area contributed by atoms with E-state index in [4.69, 9.17) is 0 Å². The lowest BCUT2D eigenvalue weighted by Crippen LogP contribution is -2.41. The predicted octanol–water partition coefficient (Wildman–Crippen LogP) is 4.98. The molecule has 0 spiro atoms. The van der Waals surface area contributed by atoms with E-state index in [1.54, 1.807) is 54.6 Å². The van der Waals surface area contributed by atoms with Gasteiger partial charge in [0.15, 0.2) is 0 Å². The Balaban J connectivity index is 1.48. The maximum absolute atomic E-state index is 14.6. The van der Waals surface area contributed by atoms with Gasteiger partial charge in [-0.2, -0.15) is 4.31 Å². The summed E-state index contributed by atoms with van der Waals surface area (Å²) in [7, 11) is -3.64. The maximum atomic E-state index is 14.6. The van der Waals surface area contributed by atoms with E-state index in [1.807, 2.05) is 6.92 Å². The minimum atomic E-state index is -3.64. The van der Waals surface area contributed by atoms with Crippen molar-refractivity contribution in [2.75, 3.05) is 18.4 Å². The van der Waals surface area contributed by atoms with Gasteiger partial charge in [-0.05, 0) is 43.5 Å². The molecule has 0 radical (unpaired) electrons. The van der Waals surface area contributed by atoms with Crippen LogP contribution in [0.2, 0.25) is 0 Å². The van der Waals surface area contributed by atoms with Crippen LogP contribution in [0.25, 0.3) is 11.1 Å². The zero-order valence-electron chi connectivity index (χ0n) is 18.1. The topological polar surface area (TPSA) is 66.5 Å². The Morgan fingerprint density at radius 2 is 1.61 bits per heavy atom. The van der Waals surface area contributed by atoms with Crippen LogP contribution >= 0.6 is 0 Å². The first-order chi connectivity index (χ1) is 15.8. The van der Waals surface area contributed by atoms with Crippen molar-refractivity contribution < 1.29 is 22.0 Å². The summed E-state index contributed by atoms with van der Waals surface area (Å²) in [5.41, 5.74) is 1.71. The van der Waals surface area contributed by atoms with Crippen LogP contribution < -0.4 is 5.32 Å². The van der Waals surface area contributed by atoms with Gasteiger partial charge in [0.25, 0.3) is 0 Å². The molecule has 3 aromatic rings. The Bertz CT molecular complexity index is 1250. The van der Waals surface area contributed by atoms with E-state index in [-0.39, 0.29) is 29.2 Å². The SMILES string of the molecule is Cc1ccc(S(=O)(=O)N2CCC(C(=O)Nc3c(F)cc(F)cc3-c3ccccc3)CC2)cc1. The fraction of sp³-hybridized carbons (Fsp3) is 0.240. The number of hydrogen-bond acceptors (Lipinski definition) is 3. The van der Waals surface area contributed by atoms with Crippen LogP contribution in [0.4, 0.5) is 14.5 Å². The van der Waals surface area contributed by atoms with E-state index < -0.39 is 33.5 Å². The number of carbonyl (C=O) groups is 1. The Morgan fingerprint density at radius 1 is 0.970 bits per heavy atom. The molecule has 33 heavy (non-hydrogen) atoms. The Kier molecular flexibility index (Phi) is 6.58. The third-order valence-corrected chi connectivity index (χ3v) is 7.78. The zero-order chi connectivity index (χ0) is 23.6. The van der Waals surface area contributed by atoms with E-state index in [1.165, 1.54) is 10.4 Å². The van der Waals surface area contributed by atoms with Crippen LogP contribution in [0.5, 0.6) is 0 Å². The number of halogens is 2. The van der Waals surface area contributed by atoms with Crippen molar-refractivity contribution in [1.82, 2.24) is 4.31 Å². The molecule has 8 heteroatoms. The molecule has 0 saturated carbocycles. The van der Waals surface area contributed by atoms with Crippen molar-refractivity contribution in [3.05, 3.63) is 83.9 Å². The van der Waals surface area contributed by atoms with Gasteiger partial charge in [0.1, 0.15) is 11.6 Å². The Labute approximate surface area is 192 Å². The van der Waals surface area contributed by atoms with Gasteiger partial charge in [-0.25, -0.2) is 17.2 Å². The van der Waals surface area contributed by atoms with Gasteiger partial charge in [-0.15, -0.1) is 0 Å². The molecule has 1 aliphatic heterocycles. The van der Waals surface area contributed by atoms with Crippen molar-refractivity contribution >= 4 is 21.6 Å². The molecule has 1 heterocycles. The van der Waals surface area contributed by atoms with Crippen LogP contribution in [-0.4, -0.2) is 31.7 Å². The lowest BCUT2D eigenvalue weighted by molar-refractivity contribution is -0.120. The van der Waals surface area contributed by atoms with Crippen LogP contribution in [0.3, 0.4) is 0 Å². The second kappa shape index (κ2) is 9.41. The lowest BCUT2D eigenvalue weighted by atomic mass is 9.96. The number of anilines is 1. The van der Waals surface area contributed by atoms with Gasteiger partial charge in [0.2, 0.25) is 15.9 Å². The highest BCUT2D eigenvalue weighted by molar-refractivity contribution is 7.89. The molecule has 172 valence electrons. The van der Waals surface area contributed by atoms with E-state index in [0.717, 1.165) is 11.6 Å². The van der Waals surface area contributed by atoms with Crippen molar-refractivity contribution in [3.63, 3.8) is 0 Å². The number of nitrogens with zero attached hydrogens (tertiary/aromatic N) is 1.